The normalized spacial score (nSPS) is 10.4. The lowest BCUT2D eigenvalue weighted by Gasteiger charge is -2.12. The number of nitrogens with one attached hydrogen (secondary N) is 1. The van der Waals surface area contributed by atoms with Crippen LogP contribution in [0.3, 0.4) is 0 Å². The van der Waals surface area contributed by atoms with Crippen molar-refractivity contribution in [1.82, 2.24) is 0 Å². The summed E-state index contributed by atoms with van der Waals surface area (Å²) in [5.41, 5.74) is 4.81. The second-order valence-corrected chi connectivity index (χ2v) is 5.84. The minimum absolute atomic E-state index is 0.0526. The first-order valence-corrected chi connectivity index (χ1v) is 7.47. The Hall–Kier alpha value is -1.61. The number of anilines is 1. The lowest BCUT2D eigenvalue weighted by atomic mass is 10.0. The molecule has 2 aromatic rings. The Balaban J connectivity index is 2.30. The largest absolute Gasteiger partial charge is 0.322 e. The fourth-order valence-corrected chi connectivity index (χ4v) is 2.56. The molecule has 0 saturated carbocycles. The van der Waals surface area contributed by atoms with Gasteiger partial charge in [0.25, 0.3) is 5.91 Å². The molecule has 3 heteroatoms. The van der Waals surface area contributed by atoms with Crippen LogP contribution in [0.5, 0.6) is 0 Å². The van der Waals surface area contributed by atoms with Crippen LogP contribution >= 0.6 is 15.9 Å². The van der Waals surface area contributed by atoms with Gasteiger partial charge >= 0.3 is 0 Å². The van der Waals surface area contributed by atoms with Gasteiger partial charge in [0, 0.05) is 15.7 Å². The van der Waals surface area contributed by atoms with Gasteiger partial charge in [0.05, 0.1) is 0 Å². The smallest absolute Gasteiger partial charge is 0.255 e. The van der Waals surface area contributed by atoms with Gasteiger partial charge in [-0.3, -0.25) is 4.79 Å². The first-order chi connectivity index (χ1) is 9.51. The van der Waals surface area contributed by atoms with Crippen molar-refractivity contribution < 1.29 is 4.79 Å². The van der Waals surface area contributed by atoms with Gasteiger partial charge in [-0.25, -0.2) is 0 Å². The molecule has 0 aliphatic rings. The third kappa shape index (κ3) is 3.28. The molecule has 2 rings (SSSR count). The van der Waals surface area contributed by atoms with E-state index in [9.17, 15) is 4.79 Å². The summed E-state index contributed by atoms with van der Waals surface area (Å²) in [5.74, 6) is -0.0526. The fraction of sp³-hybridized carbons (Fsp3) is 0.235. The minimum Gasteiger partial charge on any atom is -0.322 e. The summed E-state index contributed by atoms with van der Waals surface area (Å²) >= 11 is 3.46. The molecule has 1 N–H and O–H groups in total. The predicted molar refractivity (Wildman–Crippen MR) is 87.4 cm³/mol. The zero-order valence-corrected chi connectivity index (χ0v) is 13.5. The molecule has 0 unspecified atom stereocenters. The number of benzene rings is 2. The highest BCUT2D eigenvalue weighted by Crippen LogP contribution is 2.22. The van der Waals surface area contributed by atoms with Crippen molar-refractivity contribution in [2.45, 2.75) is 27.2 Å². The molecule has 0 aliphatic carbocycles. The predicted octanol–water partition coefficient (Wildman–Crippen LogP) is 4.88. The van der Waals surface area contributed by atoms with Crippen molar-refractivity contribution in [2.75, 3.05) is 5.32 Å². The zero-order chi connectivity index (χ0) is 14.7. The van der Waals surface area contributed by atoms with E-state index >= 15 is 0 Å². The van der Waals surface area contributed by atoms with E-state index in [0.29, 0.717) is 0 Å². The van der Waals surface area contributed by atoms with E-state index in [1.807, 2.05) is 50.2 Å². The third-order valence-corrected chi connectivity index (χ3v) is 3.83. The summed E-state index contributed by atoms with van der Waals surface area (Å²) in [6, 6.07) is 11.8. The number of hydrogen-bond donors (Lipinski definition) is 1. The summed E-state index contributed by atoms with van der Waals surface area (Å²) in [6.45, 7) is 6.03. The Bertz CT molecular complexity index is 649. The van der Waals surface area contributed by atoms with Gasteiger partial charge in [0.15, 0.2) is 0 Å². The van der Waals surface area contributed by atoms with Crippen LogP contribution in [0.4, 0.5) is 5.69 Å². The molecule has 0 atom stereocenters. The van der Waals surface area contributed by atoms with E-state index in [1.54, 1.807) is 0 Å². The number of rotatable bonds is 3. The zero-order valence-electron chi connectivity index (χ0n) is 12.0. The average Bonchev–Trinajstić information content (AvgIpc) is 2.43. The van der Waals surface area contributed by atoms with Crippen molar-refractivity contribution in [3.8, 4) is 0 Å². The van der Waals surface area contributed by atoms with Gasteiger partial charge in [-0.2, -0.15) is 0 Å². The van der Waals surface area contributed by atoms with Crippen molar-refractivity contribution >= 4 is 27.5 Å². The summed E-state index contributed by atoms with van der Waals surface area (Å²) in [4.78, 5) is 12.4. The first-order valence-electron chi connectivity index (χ1n) is 6.68. The van der Waals surface area contributed by atoms with Crippen molar-refractivity contribution in [3.05, 3.63) is 63.1 Å². The van der Waals surface area contributed by atoms with Crippen LogP contribution in [0.2, 0.25) is 0 Å². The molecule has 104 valence electrons. The number of halogens is 1. The van der Waals surface area contributed by atoms with Gasteiger partial charge in [0.2, 0.25) is 0 Å². The van der Waals surface area contributed by atoms with Crippen LogP contribution in [0, 0.1) is 13.8 Å². The van der Waals surface area contributed by atoms with Gasteiger partial charge in [0.1, 0.15) is 0 Å². The maximum absolute atomic E-state index is 12.4. The molecule has 0 heterocycles. The third-order valence-electron chi connectivity index (χ3n) is 3.33. The van der Waals surface area contributed by atoms with Crippen molar-refractivity contribution in [3.63, 3.8) is 0 Å². The number of amides is 1. The van der Waals surface area contributed by atoms with E-state index in [4.69, 9.17) is 0 Å². The maximum atomic E-state index is 12.4. The Labute approximate surface area is 128 Å². The van der Waals surface area contributed by atoms with Crippen LogP contribution in [-0.4, -0.2) is 5.91 Å². The average molecular weight is 332 g/mol. The maximum Gasteiger partial charge on any atom is 0.255 e. The summed E-state index contributed by atoms with van der Waals surface area (Å²) in [5, 5.41) is 3.01. The van der Waals surface area contributed by atoms with E-state index in [0.717, 1.165) is 38.8 Å². The quantitative estimate of drug-likeness (QED) is 0.853. The van der Waals surface area contributed by atoms with Crippen LogP contribution in [0.15, 0.2) is 40.9 Å². The second kappa shape index (κ2) is 6.23. The number of carbonyl (C=O) groups excluding carboxylic acids is 1. The highest BCUT2D eigenvalue weighted by molar-refractivity contribution is 9.10. The molecule has 20 heavy (non-hydrogen) atoms. The van der Waals surface area contributed by atoms with E-state index in [2.05, 4.69) is 28.2 Å². The fourth-order valence-electron chi connectivity index (χ4n) is 2.15. The lowest BCUT2D eigenvalue weighted by Crippen LogP contribution is -2.14. The Morgan fingerprint density at radius 2 is 1.90 bits per heavy atom. The minimum atomic E-state index is -0.0526. The highest BCUT2D eigenvalue weighted by atomic mass is 79.9. The van der Waals surface area contributed by atoms with E-state index in [1.165, 1.54) is 0 Å². The molecule has 0 radical (unpaired) electrons. The monoisotopic (exact) mass is 331 g/mol. The SMILES string of the molecule is CCc1cc(Br)ccc1NC(=O)c1cc(C)ccc1C. The topological polar surface area (TPSA) is 29.1 Å². The van der Waals surface area contributed by atoms with Crippen molar-refractivity contribution in [1.29, 1.82) is 0 Å². The van der Waals surface area contributed by atoms with Gasteiger partial charge in [-0.1, -0.05) is 40.5 Å². The number of carbonyl (C=O) groups is 1. The van der Waals surface area contributed by atoms with Gasteiger partial charge in [-0.15, -0.1) is 0 Å². The second-order valence-electron chi connectivity index (χ2n) is 4.93. The first kappa shape index (κ1) is 14.8. The molecule has 0 bridgehead atoms. The van der Waals surface area contributed by atoms with Crippen LogP contribution in [-0.2, 0) is 6.42 Å². The van der Waals surface area contributed by atoms with Crippen molar-refractivity contribution in [2.24, 2.45) is 0 Å². The standard InChI is InChI=1S/C17H18BrNO/c1-4-13-10-14(18)7-8-16(13)19-17(20)15-9-11(2)5-6-12(15)3/h5-10H,4H2,1-3H3,(H,19,20). The Morgan fingerprint density at radius 3 is 2.60 bits per heavy atom. The number of hydrogen-bond acceptors (Lipinski definition) is 1. The molecule has 1 amide bonds. The lowest BCUT2D eigenvalue weighted by molar-refractivity contribution is 0.102. The highest BCUT2D eigenvalue weighted by Gasteiger charge is 2.11. The Kier molecular flexibility index (Phi) is 4.61. The Morgan fingerprint density at radius 1 is 1.15 bits per heavy atom. The molecule has 0 fully saturated rings. The number of aryl methyl sites for hydroxylation is 3. The van der Waals surface area contributed by atoms with E-state index in [-0.39, 0.29) is 5.91 Å². The molecule has 0 aromatic heterocycles. The molecule has 0 aliphatic heterocycles. The molecular weight excluding hydrogens is 314 g/mol. The van der Waals surface area contributed by atoms with Gasteiger partial charge in [-0.05, 0) is 55.7 Å². The summed E-state index contributed by atoms with van der Waals surface area (Å²) in [7, 11) is 0. The molecule has 0 spiro atoms. The summed E-state index contributed by atoms with van der Waals surface area (Å²) in [6.07, 6.45) is 0.877. The van der Waals surface area contributed by atoms with Crippen LogP contribution in [0.25, 0.3) is 0 Å². The van der Waals surface area contributed by atoms with E-state index < -0.39 is 0 Å². The van der Waals surface area contributed by atoms with Crippen LogP contribution in [0.1, 0.15) is 34.0 Å². The molecule has 2 nitrogen and oxygen atoms in total. The van der Waals surface area contributed by atoms with Crippen LogP contribution < -0.4 is 5.32 Å². The van der Waals surface area contributed by atoms with Gasteiger partial charge < -0.3 is 5.32 Å². The molecule has 0 saturated heterocycles. The molecular formula is C17H18BrNO. The molecule has 2 aromatic carbocycles. The summed E-state index contributed by atoms with van der Waals surface area (Å²) < 4.78 is 1.03.